The summed E-state index contributed by atoms with van der Waals surface area (Å²) in [5.41, 5.74) is 3.89. The first-order chi connectivity index (χ1) is 15.5. The van der Waals surface area contributed by atoms with Crippen LogP contribution in [0.5, 0.6) is 0 Å². The van der Waals surface area contributed by atoms with Crippen molar-refractivity contribution in [1.29, 1.82) is 0 Å². The quantitative estimate of drug-likeness (QED) is 0.324. The van der Waals surface area contributed by atoms with E-state index < -0.39 is 5.41 Å². The number of benzene rings is 4. The van der Waals surface area contributed by atoms with Crippen molar-refractivity contribution in [2.75, 3.05) is 0 Å². The minimum absolute atomic E-state index is 0.0108. The SMILES string of the molecule is CC1(C)CC(C(c2ccccc2)c2ccc3ccccc3c2)=C(c2ccccc2)OC1=O. The number of carbonyl (C=O) groups excluding carboxylic acids is 1. The zero-order valence-electron chi connectivity index (χ0n) is 18.4. The van der Waals surface area contributed by atoms with E-state index in [1.54, 1.807) is 0 Å². The number of rotatable bonds is 4. The van der Waals surface area contributed by atoms with E-state index in [-0.39, 0.29) is 11.9 Å². The molecule has 0 aromatic heterocycles. The second-order valence-corrected chi connectivity index (χ2v) is 9.12. The summed E-state index contributed by atoms with van der Waals surface area (Å²) in [6.45, 7) is 3.94. The Labute approximate surface area is 189 Å². The molecule has 2 nitrogen and oxygen atoms in total. The predicted molar refractivity (Wildman–Crippen MR) is 130 cm³/mol. The first-order valence-corrected chi connectivity index (χ1v) is 11.1. The molecule has 1 unspecified atom stereocenters. The van der Waals surface area contributed by atoms with Gasteiger partial charge in [-0.05, 0) is 47.7 Å². The lowest BCUT2D eigenvalue weighted by molar-refractivity contribution is -0.147. The van der Waals surface area contributed by atoms with Gasteiger partial charge in [0.05, 0.1) is 5.41 Å². The minimum Gasteiger partial charge on any atom is -0.425 e. The van der Waals surface area contributed by atoms with E-state index in [1.165, 1.54) is 21.9 Å². The van der Waals surface area contributed by atoms with Gasteiger partial charge in [0.25, 0.3) is 0 Å². The van der Waals surface area contributed by atoms with Gasteiger partial charge in [-0.25, -0.2) is 0 Å². The number of fused-ring (bicyclic) bond motifs is 1. The van der Waals surface area contributed by atoms with Crippen molar-refractivity contribution in [3.05, 3.63) is 125 Å². The van der Waals surface area contributed by atoms with Crippen LogP contribution < -0.4 is 0 Å². The van der Waals surface area contributed by atoms with Gasteiger partial charge in [-0.15, -0.1) is 0 Å². The molecular weight excluding hydrogens is 392 g/mol. The predicted octanol–water partition coefficient (Wildman–Crippen LogP) is 7.36. The van der Waals surface area contributed by atoms with Crippen LogP contribution in [0.4, 0.5) is 0 Å². The first kappa shape index (κ1) is 20.3. The van der Waals surface area contributed by atoms with Crippen molar-refractivity contribution < 1.29 is 9.53 Å². The van der Waals surface area contributed by atoms with Crippen LogP contribution in [0.25, 0.3) is 16.5 Å². The Balaban J connectivity index is 1.77. The molecular formula is C30H26O2. The Bertz CT molecular complexity index is 1300. The van der Waals surface area contributed by atoms with Gasteiger partial charge in [-0.2, -0.15) is 0 Å². The number of hydrogen-bond donors (Lipinski definition) is 0. The molecule has 0 N–H and O–H groups in total. The highest BCUT2D eigenvalue weighted by Gasteiger charge is 2.40. The number of cyclic esters (lactones) is 1. The van der Waals surface area contributed by atoms with Gasteiger partial charge in [0, 0.05) is 11.5 Å². The highest BCUT2D eigenvalue weighted by molar-refractivity contribution is 5.88. The second-order valence-electron chi connectivity index (χ2n) is 9.12. The maximum absolute atomic E-state index is 12.9. The summed E-state index contributed by atoms with van der Waals surface area (Å²) < 4.78 is 6.05. The molecule has 32 heavy (non-hydrogen) atoms. The van der Waals surface area contributed by atoms with Crippen molar-refractivity contribution in [3.63, 3.8) is 0 Å². The molecule has 1 atom stereocenters. The van der Waals surface area contributed by atoms with Crippen molar-refractivity contribution >= 4 is 22.5 Å². The summed E-state index contributed by atoms with van der Waals surface area (Å²) in [6.07, 6.45) is 0.641. The van der Waals surface area contributed by atoms with Crippen molar-refractivity contribution in [2.45, 2.75) is 26.2 Å². The third-order valence-corrected chi connectivity index (χ3v) is 6.30. The van der Waals surface area contributed by atoms with Crippen molar-refractivity contribution in [1.82, 2.24) is 0 Å². The molecule has 0 spiro atoms. The molecule has 0 fully saturated rings. The summed E-state index contributed by atoms with van der Waals surface area (Å²) in [6, 6.07) is 35.6. The maximum Gasteiger partial charge on any atom is 0.317 e. The van der Waals surface area contributed by atoms with Gasteiger partial charge >= 0.3 is 5.97 Å². The Hall–Kier alpha value is -3.65. The summed E-state index contributed by atoms with van der Waals surface area (Å²) in [5.74, 6) is 0.505. The molecule has 0 bridgehead atoms. The van der Waals surface area contributed by atoms with Crippen LogP contribution in [0, 0.1) is 5.41 Å². The van der Waals surface area contributed by atoms with E-state index in [4.69, 9.17) is 4.74 Å². The standard InChI is InChI=1S/C30H26O2/c1-30(2)20-26(28(32-29(30)31)23-14-7-4-8-15-23)27(22-12-5-3-6-13-22)25-18-17-21-11-9-10-16-24(21)19-25/h3-19,27H,20H2,1-2H3. The molecule has 0 saturated carbocycles. The molecule has 158 valence electrons. The molecule has 1 aliphatic heterocycles. The van der Waals surface area contributed by atoms with Crippen LogP contribution in [-0.4, -0.2) is 5.97 Å². The van der Waals surface area contributed by atoms with Gasteiger partial charge in [0.1, 0.15) is 5.76 Å². The topological polar surface area (TPSA) is 26.3 Å². The fourth-order valence-corrected chi connectivity index (χ4v) is 4.62. The van der Waals surface area contributed by atoms with Crippen molar-refractivity contribution in [3.8, 4) is 0 Å². The lowest BCUT2D eigenvalue weighted by Gasteiger charge is -2.35. The molecule has 1 heterocycles. The van der Waals surface area contributed by atoms with Gasteiger partial charge in [-0.1, -0.05) is 103 Å². The molecule has 4 aromatic rings. The second kappa shape index (κ2) is 8.12. The van der Waals surface area contributed by atoms with E-state index in [0.717, 1.165) is 11.1 Å². The third kappa shape index (κ3) is 3.73. The van der Waals surface area contributed by atoms with Gasteiger partial charge in [-0.3, -0.25) is 4.79 Å². The smallest absolute Gasteiger partial charge is 0.317 e. The lowest BCUT2D eigenvalue weighted by Crippen LogP contribution is -2.33. The largest absolute Gasteiger partial charge is 0.425 e. The van der Waals surface area contributed by atoms with Crippen LogP contribution in [0.1, 0.15) is 42.9 Å². The van der Waals surface area contributed by atoms with Crippen LogP contribution in [0.15, 0.2) is 109 Å². The number of esters is 1. The molecule has 1 aliphatic rings. The Kier molecular flexibility index (Phi) is 5.14. The van der Waals surface area contributed by atoms with E-state index in [2.05, 4.69) is 66.7 Å². The van der Waals surface area contributed by atoms with Crippen LogP contribution in [-0.2, 0) is 9.53 Å². The lowest BCUT2D eigenvalue weighted by atomic mass is 9.73. The van der Waals surface area contributed by atoms with Gasteiger partial charge < -0.3 is 4.74 Å². The molecule has 0 amide bonds. The average molecular weight is 419 g/mol. The fourth-order valence-electron chi connectivity index (χ4n) is 4.62. The minimum atomic E-state index is -0.586. The van der Waals surface area contributed by atoms with E-state index in [9.17, 15) is 4.79 Å². The number of ether oxygens (including phenoxy) is 1. The van der Waals surface area contributed by atoms with Crippen molar-refractivity contribution in [2.24, 2.45) is 5.41 Å². The normalized spacial score (nSPS) is 16.6. The van der Waals surface area contributed by atoms with E-state index in [0.29, 0.717) is 12.2 Å². The average Bonchev–Trinajstić information content (AvgIpc) is 2.82. The fraction of sp³-hybridized carbons (Fsp3) is 0.167. The zero-order chi connectivity index (χ0) is 22.1. The Morgan fingerprint density at radius 2 is 1.34 bits per heavy atom. The van der Waals surface area contributed by atoms with Crippen LogP contribution in [0.3, 0.4) is 0 Å². The summed E-state index contributed by atoms with van der Waals surface area (Å²) in [5, 5.41) is 2.43. The molecule has 4 aromatic carbocycles. The van der Waals surface area contributed by atoms with E-state index >= 15 is 0 Å². The third-order valence-electron chi connectivity index (χ3n) is 6.30. The monoisotopic (exact) mass is 418 g/mol. The molecule has 5 rings (SSSR count). The Morgan fingerprint density at radius 1 is 0.719 bits per heavy atom. The summed E-state index contributed by atoms with van der Waals surface area (Å²) >= 11 is 0. The van der Waals surface area contributed by atoms with Crippen LogP contribution in [0.2, 0.25) is 0 Å². The molecule has 0 saturated heterocycles. The van der Waals surface area contributed by atoms with Gasteiger partial charge in [0.15, 0.2) is 0 Å². The number of hydrogen-bond acceptors (Lipinski definition) is 2. The Morgan fingerprint density at radius 3 is 2.06 bits per heavy atom. The number of allylic oxidation sites excluding steroid dienone is 1. The van der Waals surface area contributed by atoms with Gasteiger partial charge in [0.2, 0.25) is 0 Å². The first-order valence-electron chi connectivity index (χ1n) is 11.1. The van der Waals surface area contributed by atoms with Crippen LogP contribution >= 0.6 is 0 Å². The zero-order valence-corrected chi connectivity index (χ0v) is 18.4. The van der Waals surface area contributed by atoms with E-state index in [1.807, 2.05) is 50.2 Å². The highest BCUT2D eigenvalue weighted by atomic mass is 16.5. The molecule has 2 heteroatoms. The molecule has 0 radical (unpaired) electrons. The maximum atomic E-state index is 12.9. The molecule has 0 aliphatic carbocycles. The highest BCUT2D eigenvalue weighted by Crippen LogP contribution is 2.47. The summed E-state index contributed by atoms with van der Waals surface area (Å²) in [7, 11) is 0. The number of carbonyl (C=O) groups is 1. The summed E-state index contributed by atoms with van der Waals surface area (Å²) in [4.78, 5) is 12.9.